The molecule has 0 aliphatic rings. The highest BCUT2D eigenvalue weighted by atomic mass is 15.1. The van der Waals surface area contributed by atoms with Gasteiger partial charge in [0.2, 0.25) is 0 Å². The Balaban J connectivity index is 2.37. The highest BCUT2D eigenvalue weighted by Crippen LogP contribution is 2.14. The van der Waals surface area contributed by atoms with Gasteiger partial charge in [-0.1, -0.05) is 13.0 Å². The van der Waals surface area contributed by atoms with Gasteiger partial charge >= 0.3 is 0 Å². The number of nitrogens with zero attached hydrogens (tertiary/aromatic N) is 2. The van der Waals surface area contributed by atoms with Gasteiger partial charge in [0.15, 0.2) is 0 Å². The summed E-state index contributed by atoms with van der Waals surface area (Å²) in [6.07, 6.45) is 1.06. The van der Waals surface area contributed by atoms with Crippen LogP contribution in [0.1, 0.15) is 18.3 Å². The molecule has 0 aliphatic heterocycles. The maximum Gasteiger partial charge on any atom is 0.121 e. The second kappa shape index (κ2) is 4.03. The van der Waals surface area contributed by atoms with Crippen molar-refractivity contribution in [3.8, 4) is 0 Å². The molecule has 3 nitrogen and oxygen atoms in total. The van der Waals surface area contributed by atoms with E-state index in [0.717, 1.165) is 29.8 Å². The minimum atomic E-state index is 0.857. The van der Waals surface area contributed by atoms with Crippen molar-refractivity contribution in [2.45, 2.75) is 19.9 Å². The number of aromatic nitrogens is 2. The molecule has 1 N–H and O–H groups in total. The van der Waals surface area contributed by atoms with E-state index in [1.807, 2.05) is 14.1 Å². The third-order valence-corrected chi connectivity index (χ3v) is 2.47. The summed E-state index contributed by atoms with van der Waals surface area (Å²) in [6, 6.07) is 6.42. The van der Waals surface area contributed by atoms with Crippen molar-refractivity contribution in [2.24, 2.45) is 0 Å². The minimum Gasteiger partial charge on any atom is -0.341 e. The lowest BCUT2D eigenvalue weighted by molar-refractivity contribution is 0.392. The Morgan fingerprint density at radius 1 is 1.33 bits per heavy atom. The predicted octanol–water partition coefficient (Wildman–Crippen LogP) is 2.19. The first-order valence-electron chi connectivity index (χ1n) is 5.31. The molecule has 0 radical (unpaired) electrons. The van der Waals surface area contributed by atoms with E-state index < -0.39 is 0 Å². The van der Waals surface area contributed by atoms with Gasteiger partial charge < -0.3 is 9.88 Å². The van der Waals surface area contributed by atoms with Crippen molar-refractivity contribution >= 4 is 11.0 Å². The van der Waals surface area contributed by atoms with Crippen LogP contribution in [0.3, 0.4) is 0 Å². The lowest BCUT2D eigenvalue weighted by Crippen LogP contribution is -2.11. The summed E-state index contributed by atoms with van der Waals surface area (Å²) >= 11 is 0. The molecule has 3 heteroatoms. The Hall–Kier alpha value is -1.35. The Bertz CT molecular complexity index is 457. The van der Waals surface area contributed by atoms with Crippen molar-refractivity contribution in [3.05, 3.63) is 29.6 Å². The van der Waals surface area contributed by atoms with Crippen LogP contribution in [-0.4, -0.2) is 29.0 Å². The number of rotatable bonds is 3. The van der Waals surface area contributed by atoms with Crippen LogP contribution in [0.2, 0.25) is 0 Å². The molecular weight excluding hydrogens is 186 g/mol. The molecule has 15 heavy (non-hydrogen) atoms. The van der Waals surface area contributed by atoms with E-state index in [2.05, 4.69) is 40.0 Å². The van der Waals surface area contributed by atoms with Crippen LogP contribution in [-0.2, 0) is 13.0 Å². The number of fused-ring (bicyclic) bond motifs is 1. The van der Waals surface area contributed by atoms with Gasteiger partial charge in [-0.3, -0.25) is 0 Å². The lowest BCUT2D eigenvalue weighted by Gasteiger charge is -2.04. The summed E-state index contributed by atoms with van der Waals surface area (Å²) in [4.78, 5) is 10.00. The summed E-state index contributed by atoms with van der Waals surface area (Å²) in [5.74, 6) is 1.03. The van der Waals surface area contributed by atoms with Crippen molar-refractivity contribution in [3.63, 3.8) is 0 Å². The number of aromatic amines is 1. The third-order valence-electron chi connectivity index (χ3n) is 2.47. The lowest BCUT2D eigenvalue weighted by atomic mass is 10.1. The van der Waals surface area contributed by atoms with Crippen LogP contribution in [0.4, 0.5) is 0 Å². The van der Waals surface area contributed by atoms with E-state index in [1.54, 1.807) is 0 Å². The molecule has 0 bridgehead atoms. The van der Waals surface area contributed by atoms with Crippen LogP contribution in [0, 0.1) is 0 Å². The summed E-state index contributed by atoms with van der Waals surface area (Å²) in [7, 11) is 4.09. The first-order chi connectivity index (χ1) is 7.19. The number of H-pyrrole nitrogens is 1. The fourth-order valence-corrected chi connectivity index (χ4v) is 1.70. The predicted molar refractivity (Wildman–Crippen MR) is 62.9 cm³/mol. The van der Waals surface area contributed by atoms with Gasteiger partial charge in [-0.25, -0.2) is 4.98 Å². The summed E-state index contributed by atoms with van der Waals surface area (Å²) in [5, 5.41) is 0. The van der Waals surface area contributed by atoms with Crippen molar-refractivity contribution in [2.75, 3.05) is 14.1 Å². The topological polar surface area (TPSA) is 31.9 Å². The average molecular weight is 203 g/mol. The van der Waals surface area contributed by atoms with Gasteiger partial charge in [0.1, 0.15) is 5.82 Å². The van der Waals surface area contributed by atoms with Crippen LogP contribution >= 0.6 is 0 Å². The minimum absolute atomic E-state index is 0.857. The molecule has 2 rings (SSSR count). The van der Waals surface area contributed by atoms with Crippen molar-refractivity contribution in [1.82, 2.24) is 14.9 Å². The Kier molecular flexibility index (Phi) is 2.73. The number of aryl methyl sites for hydroxylation is 1. The molecule has 1 aromatic carbocycles. The highest BCUT2D eigenvalue weighted by molar-refractivity contribution is 5.75. The molecule has 1 aromatic heterocycles. The van der Waals surface area contributed by atoms with Gasteiger partial charge in [0.05, 0.1) is 17.6 Å². The maximum atomic E-state index is 4.56. The molecule has 0 amide bonds. The summed E-state index contributed by atoms with van der Waals surface area (Å²) < 4.78 is 0. The number of hydrogen-bond acceptors (Lipinski definition) is 2. The Labute approximate surface area is 90.1 Å². The molecule has 80 valence electrons. The zero-order chi connectivity index (χ0) is 10.8. The SMILES string of the molecule is CCc1ccc2[nH]c(CN(C)C)nc2c1. The van der Waals surface area contributed by atoms with Gasteiger partial charge in [-0.2, -0.15) is 0 Å². The largest absolute Gasteiger partial charge is 0.341 e. The van der Waals surface area contributed by atoms with Crippen LogP contribution < -0.4 is 0 Å². The van der Waals surface area contributed by atoms with E-state index in [4.69, 9.17) is 0 Å². The fourth-order valence-electron chi connectivity index (χ4n) is 1.70. The molecule has 0 saturated heterocycles. The number of hydrogen-bond donors (Lipinski definition) is 1. The normalized spacial score (nSPS) is 11.5. The molecule has 2 aromatic rings. The van der Waals surface area contributed by atoms with E-state index in [0.29, 0.717) is 0 Å². The van der Waals surface area contributed by atoms with E-state index in [-0.39, 0.29) is 0 Å². The van der Waals surface area contributed by atoms with Crippen LogP contribution in [0.25, 0.3) is 11.0 Å². The zero-order valence-electron chi connectivity index (χ0n) is 9.54. The van der Waals surface area contributed by atoms with Gasteiger partial charge in [0.25, 0.3) is 0 Å². The number of nitrogens with one attached hydrogen (secondary N) is 1. The summed E-state index contributed by atoms with van der Waals surface area (Å²) in [6.45, 7) is 3.02. The molecule has 0 aliphatic carbocycles. The zero-order valence-corrected chi connectivity index (χ0v) is 9.54. The van der Waals surface area contributed by atoms with E-state index in [1.165, 1.54) is 5.56 Å². The fraction of sp³-hybridized carbons (Fsp3) is 0.417. The Morgan fingerprint density at radius 3 is 2.80 bits per heavy atom. The third kappa shape index (κ3) is 2.18. The highest BCUT2D eigenvalue weighted by Gasteiger charge is 2.03. The first kappa shape index (κ1) is 10.2. The maximum absolute atomic E-state index is 4.56. The molecule has 0 unspecified atom stereocenters. The van der Waals surface area contributed by atoms with Gasteiger partial charge in [0, 0.05) is 0 Å². The van der Waals surface area contributed by atoms with Crippen LogP contribution in [0.15, 0.2) is 18.2 Å². The number of imidazole rings is 1. The van der Waals surface area contributed by atoms with E-state index in [9.17, 15) is 0 Å². The van der Waals surface area contributed by atoms with Crippen molar-refractivity contribution in [1.29, 1.82) is 0 Å². The standard InChI is InChI=1S/C12H17N3/c1-4-9-5-6-10-11(7-9)14-12(13-10)8-15(2)3/h5-7H,4,8H2,1-3H3,(H,13,14). The monoisotopic (exact) mass is 203 g/mol. The second-order valence-corrected chi connectivity index (χ2v) is 4.13. The smallest absolute Gasteiger partial charge is 0.121 e. The average Bonchev–Trinajstić information content (AvgIpc) is 2.57. The molecular formula is C12H17N3. The Morgan fingerprint density at radius 2 is 2.13 bits per heavy atom. The van der Waals surface area contributed by atoms with Gasteiger partial charge in [-0.05, 0) is 38.2 Å². The summed E-state index contributed by atoms with van der Waals surface area (Å²) in [5.41, 5.74) is 3.54. The van der Waals surface area contributed by atoms with Crippen molar-refractivity contribution < 1.29 is 0 Å². The molecule has 0 spiro atoms. The molecule has 0 saturated carbocycles. The molecule has 1 heterocycles. The number of benzene rings is 1. The molecule has 0 atom stereocenters. The second-order valence-electron chi connectivity index (χ2n) is 4.13. The first-order valence-corrected chi connectivity index (χ1v) is 5.31. The quantitative estimate of drug-likeness (QED) is 0.829. The van der Waals surface area contributed by atoms with E-state index >= 15 is 0 Å². The van der Waals surface area contributed by atoms with Crippen LogP contribution in [0.5, 0.6) is 0 Å². The van der Waals surface area contributed by atoms with Gasteiger partial charge in [-0.15, -0.1) is 0 Å². The molecule has 0 fully saturated rings.